The molecule has 1 fully saturated rings. The van der Waals surface area contributed by atoms with Gasteiger partial charge in [-0.3, -0.25) is 14.8 Å². The molecule has 0 bridgehead atoms. The first-order chi connectivity index (χ1) is 11.5. The van der Waals surface area contributed by atoms with E-state index in [0.29, 0.717) is 32.0 Å². The van der Waals surface area contributed by atoms with Crippen LogP contribution in [0.25, 0.3) is 0 Å². The van der Waals surface area contributed by atoms with Crippen LogP contribution in [0.2, 0.25) is 0 Å². The summed E-state index contributed by atoms with van der Waals surface area (Å²) in [6.45, 7) is 1.18. The van der Waals surface area contributed by atoms with Crippen LogP contribution >= 0.6 is 0 Å². The number of aldehydes is 1. The van der Waals surface area contributed by atoms with Crippen LogP contribution in [0.4, 0.5) is 14.5 Å². The number of hydrogen-bond acceptors (Lipinski definition) is 5. The van der Waals surface area contributed by atoms with E-state index in [4.69, 9.17) is 4.74 Å². The SMILES string of the molecule is O=CCCCOCC1CCC(n2cc([N+](=O)[O-])c(C(F)F)n2)CC1. The van der Waals surface area contributed by atoms with E-state index in [1.165, 1.54) is 4.68 Å². The molecule has 1 saturated carbocycles. The molecule has 1 aliphatic carbocycles. The third-order valence-corrected chi connectivity index (χ3v) is 4.30. The van der Waals surface area contributed by atoms with Crippen molar-refractivity contribution in [3.63, 3.8) is 0 Å². The Kier molecular flexibility index (Phi) is 6.77. The van der Waals surface area contributed by atoms with Crippen LogP contribution in [0, 0.1) is 16.0 Å². The number of nitro groups is 1. The number of carbonyl (C=O) groups excluding carboxylic acids is 1. The summed E-state index contributed by atoms with van der Waals surface area (Å²) in [5.74, 6) is 0.387. The minimum absolute atomic E-state index is 0.0949. The van der Waals surface area contributed by atoms with Crippen LogP contribution in [0.1, 0.15) is 56.7 Å². The maximum atomic E-state index is 12.8. The van der Waals surface area contributed by atoms with E-state index in [2.05, 4.69) is 5.10 Å². The third kappa shape index (κ3) is 4.80. The summed E-state index contributed by atoms with van der Waals surface area (Å²) in [6.07, 6.45) is 3.40. The predicted molar refractivity (Wildman–Crippen MR) is 81.0 cm³/mol. The van der Waals surface area contributed by atoms with Gasteiger partial charge in [0.25, 0.3) is 6.43 Å². The summed E-state index contributed by atoms with van der Waals surface area (Å²) in [5.41, 5.74) is -1.38. The maximum absolute atomic E-state index is 12.8. The highest BCUT2D eigenvalue weighted by Crippen LogP contribution is 2.35. The largest absolute Gasteiger partial charge is 0.381 e. The van der Waals surface area contributed by atoms with Crippen molar-refractivity contribution in [1.82, 2.24) is 9.78 Å². The third-order valence-electron chi connectivity index (χ3n) is 4.30. The van der Waals surface area contributed by atoms with Crippen molar-refractivity contribution in [2.45, 2.75) is 51.0 Å². The van der Waals surface area contributed by atoms with Gasteiger partial charge in [-0.15, -0.1) is 0 Å². The van der Waals surface area contributed by atoms with Gasteiger partial charge in [0.05, 0.1) is 11.0 Å². The quantitative estimate of drug-likeness (QED) is 0.296. The molecule has 0 spiro atoms. The Bertz CT molecular complexity index is 557. The summed E-state index contributed by atoms with van der Waals surface area (Å²) in [6, 6.07) is -0.0949. The number of ether oxygens (including phenoxy) is 1. The van der Waals surface area contributed by atoms with E-state index >= 15 is 0 Å². The fourth-order valence-corrected chi connectivity index (χ4v) is 2.97. The molecular formula is C15H21F2N3O4. The monoisotopic (exact) mass is 345 g/mol. The molecule has 24 heavy (non-hydrogen) atoms. The number of alkyl halides is 2. The highest BCUT2D eigenvalue weighted by molar-refractivity contribution is 5.48. The summed E-state index contributed by atoms with van der Waals surface area (Å²) >= 11 is 0. The molecule has 0 N–H and O–H groups in total. The van der Waals surface area contributed by atoms with Gasteiger partial charge >= 0.3 is 5.69 Å². The number of rotatable bonds is 9. The van der Waals surface area contributed by atoms with E-state index in [-0.39, 0.29) is 6.04 Å². The zero-order valence-electron chi connectivity index (χ0n) is 13.3. The average Bonchev–Trinajstić information content (AvgIpc) is 3.01. The van der Waals surface area contributed by atoms with Crippen LogP contribution in [0.5, 0.6) is 0 Å². The molecule has 0 aromatic carbocycles. The Balaban J connectivity index is 1.85. The van der Waals surface area contributed by atoms with Crippen molar-refractivity contribution in [1.29, 1.82) is 0 Å². The molecule has 1 heterocycles. The van der Waals surface area contributed by atoms with Gasteiger partial charge in [0.1, 0.15) is 12.5 Å². The first kappa shape index (κ1) is 18.4. The molecule has 2 rings (SSSR count). The Hall–Kier alpha value is -1.90. The van der Waals surface area contributed by atoms with Gasteiger partial charge in [0, 0.05) is 19.6 Å². The maximum Gasteiger partial charge on any atom is 0.316 e. The zero-order chi connectivity index (χ0) is 17.5. The van der Waals surface area contributed by atoms with Crippen molar-refractivity contribution >= 4 is 12.0 Å². The molecule has 0 amide bonds. The number of aromatic nitrogens is 2. The van der Waals surface area contributed by atoms with Gasteiger partial charge in [-0.2, -0.15) is 5.10 Å². The fraction of sp³-hybridized carbons (Fsp3) is 0.733. The van der Waals surface area contributed by atoms with Crippen molar-refractivity contribution in [2.24, 2.45) is 5.92 Å². The fourth-order valence-electron chi connectivity index (χ4n) is 2.97. The van der Waals surface area contributed by atoms with Crippen LogP contribution in [-0.4, -0.2) is 34.2 Å². The van der Waals surface area contributed by atoms with E-state index in [1.54, 1.807) is 0 Å². The van der Waals surface area contributed by atoms with Gasteiger partial charge in [-0.1, -0.05) is 0 Å². The highest BCUT2D eigenvalue weighted by Gasteiger charge is 2.30. The lowest BCUT2D eigenvalue weighted by atomic mass is 9.86. The second-order valence-electron chi connectivity index (χ2n) is 6.00. The average molecular weight is 345 g/mol. The minimum Gasteiger partial charge on any atom is -0.381 e. The molecule has 0 atom stereocenters. The second kappa shape index (κ2) is 8.81. The molecule has 1 aromatic rings. The summed E-state index contributed by atoms with van der Waals surface area (Å²) in [5, 5.41) is 14.6. The van der Waals surface area contributed by atoms with Crippen LogP contribution in [0.15, 0.2) is 6.20 Å². The zero-order valence-corrected chi connectivity index (χ0v) is 13.3. The molecule has 134 valence electrons. The van der Waals surface area contributed by atoms with E-state index in [9.17, 15) is 23.7 Å². The van der Waals surface area contributed by atoms with E-state index in [1.807, 2.05) is 0 Å². The predicted octanol–water partition coefficient (Wildman–Crippen LogP) is 3.46. The highest BCUT2D eigenvalue weighted by atomic mass is 19.3. The molecule has 0 saturated heterocycles. The lowest BCUT2D eigenvalue weighted by Crippen LogP contribution is -2.22. The normalized spacial score (nSPS) is 21.1. The van der Waals surface area contributed by atoms with Gasteiger partial charge in [-0.25, -0.2) is 8.78 Å². The number of halogens is 2. The van der Waals surface area contributed by atoms with Crippen molar-refractivity contribution in [3.05, 3.63) is 22.0 Å². The van der Waals surface area contributed by atoms with Crippen LogP contribution < -0.4 is 0 Å². The first-order valence-electron chi connectivity index (χ1n) is 8.06. The Labute approximate surface area is 138 Å². The Morgan fingerprint density at radius 1 is 1.42 bits per heavy atom. The molecular weight excluding hydrogens is 324 g/mol. The second-order valence-corrected chi connectivity index (χ2v) is 6.00. The van der Waals surface area contributed by atoms with Gasteiger partial charge in [0.15, 0.2) is 0 Å². The van der Waals surface area contributed by atoms with E-state index < -0.39 is 22.7 Å². The van der Waals surface area contributed by atoms with Crippen molar-refractivity contribution < 1.29 is 23.2 Å². The Morgan fingerprint density at radius 2 is 2.12 bits per heavy atom. The van der Waals surface area contributed by atoms with Crippen molar-refractivity contribution in [2.75, 3.05) is 13.2 Å². The van der Waals surface area contributed by atoms with Gasteiger partial charge < -0.3 is 9.53 Å². The minimum atomic E-state index is -2.96. The number of unbranched alkanes of at least 4 members (excludes halogenated alkanes) is 1. The first-order valence-corrected chi connectivity index (χ1v) is 8.06. The smallest absolute Gasteiger partial charge is 0.316 e. The molecule has 1 aromatic heterocycles. The molecule has 0 aliphatic heterocycles. The van der Waals surface area contributed by atoms with E-state index in [0.717, 1.165) is 38.2 Å². The molecule has 9 heteroatoms. The molecule has 0 unspecified atom stereocenters. The lowest BCUT2D eigenvalue weighted by molar-refractivity contribution is -0.386. The number of carbonyl (C=O) groups is 1. The molecule has 7 nitrogen and oxygen atoms in total. The van der Waals surface area contributed by atoms with Crippen molar-refractivity contribution in [3.8, 4) is 0 Å². The summed E-state index contributed by atoms with van der Waals surface area (Å²) in [4.78, 5) is 20.2. The Morgan fingerprint density at radius 3 is 2.67 bits per heavy atom. The standard InChI is InChI=1S/C15H21F2N3O4/c16-15(17)14-13(20(22)23)9-19(18-14)12-5-3-11(4-6-12)10-24-8-2-1-7-21/h7,9,11-12,15H,1-6,8,10H2. The van der Waals surface area contributed by atoms with Gasteiger partial charge in [-0.05, 0) is 38.0 Å². The van der Waals surface area contributed by atoms with Crippen LogP contribution in [-0.2, 0) is 9.53 Å². The van der Waals surface area contributed by atoms with Crippen LogP contribution in [0.3, 0.4) is 0 Å². The molecule has 1 aliphatic rings. The van der Waals surface area contributed by atoms with Gasteiger partial charge in [0.2, 0.25) is 5.69 Å². The lowest BCUT2D eigenvalue weighted by Gasteiger charge is -2.28. The number of nitrogens with zero attached hydrogens (tertiary/aromatic N) is 3. The topological polar surface area (TPSA) is 87.3 Å². The summed E-state index contributed by atoms with van der Waals surface area (Å²) in [7, 11) is 0. The number of hydrogen-bond donors (Lipinski definition) is 0. The summed E-state index contributed by atoms with van der Waals surface area (Å²) < 4.78 is 32.5. The molecule has 0 radical (unpaired) electrons.